The molecule has 10 nitrogen and oxygen atoms in total. The van der Waals surface area contributed by atoms with E-state index in [1.807, 2.05) is 0 Å². The van der Waals surface area contributed by atoms with Gasteiger partial charge < -0.3 is 25.0 Å². The van der Waals surface area contributed by atoms with Crippen LogP contribution >= 0.6 is 0 Å². The Bertz CT molecular complexity index is 1130. The number of rotatable bonds is 4. The number of hydrogen-bond donors (Lipinski definition) is 2. The molecule has 2 aliphatic heterocycles. The maximum Gasteiger partial charge on any atom is 0.321 e. The number of nitrogens with one attached hydrogen (secondary N) is 2. The number of fused-ring (bicyclic) bond motifs is 1. The lowest BCUT2D eigenvalue weighted by atomic mass is 10.2. The second kappa shape index (κ2) is 8.67. The van der Waals surface area contributed by atoms with Gasteiger partial charge in [0.2, 0.25) is 10.0 Å². The smallest absolute Gasteiger partial charge is 0.321 e. The molecule has 0 aliphatic carbocycles. The topological polar surface area (TPSA) is 117 Å². The molecule has 11 heteroatoms. The summed E-state index contributed by atoms with van der Waals surface area (Å²) in [5.74, 6) is 0.782. The third-order valence-electron chi connectivity index (χ3n) is 5.39. The van der Waals surface area contributed by atoms with Crippen LogP contribution in [-0.4, -0.2) is 69.0 Å². The van der Waals surface area contributed by atoms with Crippen molar-refractivity contribution < 1.29 is 27.5 Å². The molecule has 170 valence electrons. The molecule has 32 heavy (non-hydrogen) atoms. The first-order valence-electron chi connectivity index (χ1n) is 10.1. The summed E-state index contributed by atoms with van der Waals surface area (Å²) in [4.78, 5) is 26.0. The van der Waals surface area contributed by atoms with E-state index < -0.39 is 16.1 Å². The number of ether oxygens (including phenoxy) is 2. The Hall–Kier alpha value is -3.31. The Morgan fingerprint density at radius 3 is 2.47 bits per heavy atom. The molecule has 3 amide bonds. The zero-order chi connectivity index (χ0) is 22.9. The van der Waals surface area contributed by atoms with Crippen molar-refractivity contribution in [1.82, 2.24) is 9.21 Å². The zero-order valence-corrected chi connectivity index (χ0v) is 18.5. The Morgan fingerprint density at radius 1 is 1.12 bits per heavy atom. The predicted octanol–water partition coefficient (Wildman–Crippen LogP) is 1.95. The summed E-state index contributed by atoms with van der Waals surface area (Å²) in [6.45, 7) is 2.45. The first kappa shape index (κ1) is 21.9. The molecule has 2 aromatic rings. The summed E-state index contributed by atoms with van der Waals surface area (Å²) < 4.78 is 38.1. The number of benzene rings is 2. The number of sulfonamides is 1. The van der Waals surface area contributed by atoms with Crippen LogP contribution in [0, 0.1) is 0 Å². The van der Waals surface area contributed by atoms with E-state index in [1.54, 1.807) is 43.2 Å². The van der Waals surface area contributed by atoms with Crippen LogP contribution in [0.2, 0.25) is 0 Å². The number of urea groups is 1. The van der Waals surface area contributed by atoms with Gasteiger partial charge in [0.1, 0.15) is 11.5 Å². The van der Waals surface area contributed by atoms with Crippen LogP contribution in [0.5, 0.6) is 11.5 Å². The number of amides is 3. The molecule has 4 rings (SSSR count). The maximum atomic E-state index is 13.1. The Labute approximate surface area is 186 Å². The van der Waals surface area contributed by atoms with Crippen LogP contribution in [0.3, 0.4) is 0 Å². The highest BCUT2D eigenvalue weighted by atomic mass is 32.2. The van der Waals surface area contributed by atoms with E-state index in [0.717, 1.165) is 0 Å². The molecule has 0 saturated carbocycles. The van der Waals surface area contributed by atoms with Gasteiger partial charge in [-0.05, 0) is 49.4 Å². The molecule has 1 fully saturated rings. The molecule has 0 spiro atoms. The van der Waals surface area contributed by atoms with Gasteiger partial charge in [-0.2, -0.15) is 4.31 Å². The number of carbonyl (C=O) groups excluding carboxylic acids is 2. The Morgan fingerprint density at radius 2 is 1.81 bits per heavy atom. The number of carbonyl (C=O) groups is 2. The van der Waals surface area contributed by atoms with Crippen molar-refractivity contribution >= 4 is 33.3 Å². The fraction of sp³-hybridized carbons (Fsp3) is 0.333. The minimum Gasteiger partial charge on any atom is -0.497 e. The third kappa shape index (κ3) is 4.34. The van der Waals surface area contributed by atoms with Crippen molar-refractivity contribution in [2.45, 2.75) is 17.9 Å². The molecule has 0 bridgehead atoms. The lowest BCUT2D eigenvalue weighted by molar-refractivity contribution is -0.122. The van der Waals surface area contributed by atoms with Crippen molar-refractivity contribution in [2.75, 3.05) is 43.9 Å². The number of anilines is 2. The van der Waals surface area contributed by atoms with Crippen LogP contribution < -0.4 is 20.1 Å². The van der Waals surface area contributed by atoms with Gasteiger partial charge in [0.15, 0.2) is 6.10 Å². The zero-order valence-electron chi connectivity index (χ0n) is 17.7. The van der Waals surface area contributed by atoms with Gasteiger partial charge in [-0.3, -0.25) is 4.79 Å². The van der Waals surface area contributed by atoms with Crippen LogP contribution in [-0.2, 0) is 14.8 Å². The SMILES string of the molecule is COc1ccc(NC(=O)N2CCN(S(=O)(=O)c3ccc4c(c3)NC(=O)C(C)O4)CC2)cc1. The van der Waals surface area contributed by atoms with Gasteiger partial charge in [0.25, 0.3) is 5.91 Å². The average molecular weight is 461 g/mol. The highest BCUT2D eigenvalue weighted by Crippen LogP contribution is 2.33. The molecule has 2 aliphatic rings. The summed E-state index contributed by atoms with van der Waals surface area (Å²) in [5, 5.41) is 5.46. The normalized spacial score (nSPS) is 18.9. The summed E-state index contributed by atoms with van der Waals surface area (Å²) in [6, 6.07) is 11.1. The lowest BCUT2D eigenvalue weighted by Crippen LogP contribution is -2.51. The highest BCUT2D eigenvalue weighted by Gasteiger charge is 2.32. The minimum atomic E-state index is -3.79. The monoisotopic (exact) mass is 460 g/mol. The van der Waals surface area contributed by atoms with Crippen molar-refractivity contribution in [3.8, 4) is 11.5 Å². The Kier molecular flexibility index (Phi) is 5.94. The average Bonchev–Trinajstić information content (AvgIpc) is 2.80. The maximum absolute atomic E-state index is 13.1. The van der Waals surface area contributed by atoms with Gasteiger partial charge in [0.05, 0.1) is 17.7 Å². The molecular formula is C21H24N4O6S. The predicted molar refractivity (Wildman–Crippen MR) is 118 cm³/mol. The van der Waals surface area contributed by atoms with Gasteiger partial charge >= 0.3 is 6.03 Å². The fourth-order valence-electron chi connectivity index (χ4n) is 3.51. The van der Waals surface area contributed by atoms with E-state index in [-0.39, 0.29) is 43.0 Å². The summed E-state index contributed by atoms with van der Waals surface area (Å²) in [7, 11) is -2.22. The summed E-state index contributed by atoms with van der Waals surface area (Å²) >= 11 is 0. The highest BCUT2D eigenvalue weighted by molar-refractivity contribution is 7.89. The van der Waals surface area contributed by atoms with Crippen LogP contribution in [0.15, 0.2) is 47.4 Å². The third-order valence-corrected chi connectivity index (χ3v) is 7.28. The molecule has 1 saturated heterocycles. The van der Waals surface area contributed by atoms with Gasteiger partial charge in [-0.1, -0.05) is 0 Å². The molecule has 1 unspecified atom stereocenters. The molecule has 2 N–H and O–H groups in total. The van der Waals surface area contributed by atoms with Gasteiger partial charge in [-0.25, -0.2) is 13.2 Å². The second-order valence-corrected chi connectivity index (χ2v) is 9.40. The quantitative estimate of drug-likeness (QED) is 0.720. The summed E-state index contributed by atoms with van der Waals surface area (Å²) in [5.41, 5.74) is 0.949. The van der Waals surface area contributed by atoms with E-state index >= 15 is 0 Å². The van der Waals surface area contributed by atoms with Gasteiger partial charge in [-0.15, -0.1) is 0 Å². The number of hydrogen-bond acceptors (Lipinski definition) is 6. The first-order chi connectivity index (χ1) is 15.3. The van der Waals surface area contributed by atoms with Crippen molar-refractivity contribution in [2.24, 2.45) is 0 Å². The molecule has 2 aromatic carbocycles. The first-order valence-corrected chi connectivity index (χ1v) is 11.5. The Balaban J connectivity index is 1.39. The van der Waals surface area contributed by atoms with E-state index in [2.05, 4.69) is 10.6 Å². The lowest BCUT2D eigenvalue weighted by Gasteiger charge is -2.34. The van der Waals surface area contributed by atoms with Crippen LogP contribution in [0.1, 0.15) is 6.92 Å². The number of methoxy groups -OCH3 is 1. The van der Waals surface area contributed by atoms with Crippen LogP contribution in [0.25, 0.3) is 0 Å². The number of nitrogens with zero attached hydrogens (tertiary/aromatic N) is 2. The molecule has 0 aromatic heterocycles. The van der Waals surface area contributed by atoms with E-state index in [0.29, 0.717) is 22.9 Å². The molecule has 0 radical (unpaired) electrons. The van der Waals surface area contributed by atoms with E-state index in [9.17, 15) is 18.0 Å². The number of piperazine rings is 1. The van der Waals surface area contributed by atoms with Gasteiger partial charge in [0, 0.05) is 31.9 Å². The van der Waals surface area contributed by atoms with E-state index in [1.165, 1.54) is 22.5 Å². The molecule has 2 heterocycles. The standard InChI is InChI=1S/C21H24N4O6S/c1-14-20(26)23-18-13-17(7-8-19(18)31-14)32(28,29)25-11-9-24(10-12-25)21(27)22-15-3-5-16(30-2)6-4-15/h3-8,13-14H,9-12H2,1-2H3,(H,22,27)(H,23,26). The molecule has 1 atom stereocenters. The summed E-state index contributed by atoms with van der Waals surface area (Å²) in [6.07, 6.45) is -0.637. The van der Waals surface area contributed by atoms with Crippen molar-refractivity contribution in [3.63, 3.8) is 0 Å². The van der Waals surface area contributed by atoms with Crippen LogP contribution in [0.4, 0.5) is 16.2 Å². The second-order valence-electron chi connectivity index (χ2n) is 7.46. The van der Waals surface area contributed by atoms with E-state index in [4.69, 9.17) is 9.47 Å². The van der Waals surface area contributed by atoms with Crippen molar-refractivity contribution in [3.05, 3.63) is 42.5 Å². The minimum absolute atomic E-state index is 0.0610. The molecular weight excluding hydrogens is 436 g/mol. The fourth-order valence-corrected chi connectivity index (χ4v) is 4.95. The van der Waals surface area contributed by atoms with Crippen molar-refractivity contribution in [1.29, 1.82) is 0 Å². The largest absolute Gasteiger partial charge is 0.497 e.